The molecule has 0 bridgehead atoms. The fraction of sp³-hybridized carbons (Fsp3) is 0.400. The Balaban J connectivity index is 2.11. The summed E-state index contributed by atoms with van der Waals surface area (Å²) in [6, 6.07) is 7.52. The third-order valence-corrected chi connectivity index (χ3v) is 3.66. The first-order chi connectivity index (χ1) is 10.5. The number of carbonyl (C=O) groups excluding carboxylic acids is 2. The van der Waals surface area contributed by atoms with E-state index < -0.39 is 5.97 Å². The topological polar surface area (TPSA) is 95.5 Å². The third-order valence-electron chi connectivity index (χ3n) is 2.70. The average Bonchev–Trinajstić information content (AvgIpc) is 2.46. The molecule has 0 spiro atoms. The van der Waals surface area contributed by atoms with Gasteiger partial charge < -0.3 is 15.7 Å². The molecule has 6 nitrogen and oxygen atoms in total. The third kappa shape index (κ3) is 8.31. The van der Waals surface area contributed by atoms with Gasteiger partial charge in [-0.25, -0.2) is 0 Å². The minimum absolute atomic E-state index is 0.0855. The van der Waals surface area contributed by atoms with Crippen LogP contribution in [0.1, 0.15) is 18.4 Å². The van der Waals surface area contributed by atoms with Crippen LogP contribution in [-0.4, -0.2) is 40.9 Å². The van der Waals surface area contributed by atoms with Crippen LogP contribution in [0.25, 0.3) is 0 Å². The number of amides is 2. The average molecular weight is 324 g/mol. The molecule has 0 aliphatic heterocycles. The van der Waals surface area contributed by atoms with Gasteiger partial charge in [0.2, 0.25) is 11.8 Å². The summed E-state index contributed by atoms with van der Waals surface area (Å²) in [5, 5.41) is 13.7. The number of rotatable bonds is 9. The highest BCUT2D eigenvalue weighted by Gasteiger charge is 2.05. The number of nitrogens with one attached hydrogen (secondary N) is 2. The van der Waals surface area contributed by atoms with Gasteiger partial charge in [0.05, 0.1) is 12.2 Å². The van der Waals surface area contributed by atoms with E-state index in [9.17, 15) is 14.4 Å². The first-order valence-corrected chi connectivity index (χ1v) is 8.05. The lowest BCUT2D eigenvalue weighted by Crippen LogP contribution is -2.26. The first-order valence-electron chi connectivity index (χ1n) is 6.90. The summed E-state index contributed by atoms with van der Waals surface area (Å²) in [6.07, 6.45) is 0.180. The number of thioether (sulfide) groups is 1. The maximum atomic E-state index is 11.7. The van der Waals surface area contributed by atoms with E-state index in [0.29, 0.717) is 5.75 Å². The van der Waals surface area contributed by atoms with Gasteiger partial charge >= 0.3 is 5.97 Å². The van der Waals surface area contributed by atoms with E-state index in [1.54, 1.807) is 0 Å². The molecule has 0 saturated heterocycles. The Morgan fingerprint density at radius 1 is 1.09 bits per heavy atom. The second-order valence-corrected chi connectivity index (χ2v) is 5.82. The Morgan fingerprint density at radius 3 is 2.41 bits per heavy atom. The number of carboxylic acids is 1. The normalized spacial score (nSPS) is 10.0. The quantitative estimate of drug-likeness (QED) is 0.600. The van der Waals surface area contributed by atoms with Crippen molar-refractivity contribution in [2.24, 2.45) is 0 Å². The fourth-order valence-corrected chi connectivity index (χ4v) is 2.29. The molecule has 1 aromatic carbocycles. The minimum Gasteiger partial charge on any atom is -0.481 e. The largest absolute Gasteiger partial charge is 0.481 e. The van der Waals surface area contributed by atoms with Crippen molar-refractivity contribution >= 4 is 35.2 Å². The number of aryl methyl sites for hydroxylation is 1. The molecule has 7 heteroatoms. The SMILES string of the molecule is Cc1ccc(NC(=O)CSCCC(=O)NCCC(=O)O)cc1. The number of benzene rings is 1. The smallest absolute Gasteiger partial charge is 0.305 e. The summed E-state index contributed by atoms with van der Waals surface area (Å²) in [4.78, 5) is 33.4. The van der Waals surface area contributed by atoms with Crippen molar-refractivity contribution in [2.45, 2.75) is 19.8 Å². The molecule has 0 aliphatic rings. The maximum absolute atomic E-state index is 11.7. The molecule has 0 aromatic heterocycles. The van der Waals surface area contributed by atoms with Gasteiger partial charge in [0.15, 0.2) is 0 Å². The highest BCUT2D eigenvalue weighted by atomic mass is 32.2. The summed E-state index contributed by atoms with van der Waals surface area (Å²) in [5.74, 6) is -0.466. The van der Waals surface area contributed by atoms with E-state index in [4.69, 9.17) is 5.11 Å². The van der Waals surface area contributed by atoms with E-state index >= 15 is 0 Å². The van der Waals surface area contributed by atoms with E-state index in [2.05, 4.69) is 10.6 Å². The second kappa shape index (κ2) is 9.83. The standard InChI is InChI=1S/C15H20N2O4S/c1-11-2-4-12(5-3-11)17-14(19)10-22-9-7-13(18)16-8-6-15(20)21/h2-5H,6-10H2,1H3,(H,16,18)(H,17,19)(H,20,21). The van der Waals surface area contributed by atoms with Gasteiger partial charge in [-0.2, -0.15) is 11.8 Å². The Kier molecular flexibility index (Phi) is 8.06. The monoisotopic (exact) mass is 324 g/mol. The lowest BCUT2D eigenvalue weighted by molar-refractivity contribution is -0.137. The highest BCUT2D eigenvalue weighted by molar-refractivity contribution is 7.99. The van der Waals surface area contributed by atoms with E-state index in [1.165, 1.54) is 11.8 Å². The second-order valence-electron chi connectivity index (χ2n) is 4.71. The van der Waals surface area contributed by atoms with Crippen molar-refractivity contribution in [1.82, 2.24) is 5.32 Å². The number of carboxylic acid groups (broad SMARTS) is 1. The molecule has 2 amide bonds. The van der Waals surface area contributed by atoms with E-state index in [-0.39, 0.29) is 37.0 Å². The van der Waals surface area contributed by atoms with Crippen LogP contribution in [0, 0.1) is 6.92 Å². The number of anilines is 1. The summed E-state index contributed by atoms with van der Waals surface area (Å²) >= 11 is 1.36. The molecule has 0 aliphatic carbocycles. The van der Waals surface area contributed by atoms with Gasteiger partial charge in [-0.1, -0.05) is 17.7 Å². The minimum atomic E-state index is -0.942. The molecule has 0 atom stereocenters. The van der Waals surface area contributed by atoms with Crippen LogP contribution in [0.2, 0.25) is 0 Å². The van der Waals surface area contributed by atoms with Crippen molar-refractivity contribution in [3.8, 4) is 0 Å². The van der Waals surface area contributed by atoms with Crippen LogP contribution in [0.3, 0.4) is 0 Å². The van der Waals surface area contributed by atoms with Gasteiger partial charge in [-0.3, -0.25) is 14.4 Å². The summed E-state index contributed by atoms with van der Waals surface area (Å²) in [7, 11) is 0. The van der Waals surface area contributed by atoms with E-state index in [1.807, 2.05) is 31.2 Å². The molecule has 1 rings (SSSR count). The fourth-order valence-electron chi connectivity index (χ4n) is 1.56. The summed E-state index contributed by atoms with van der Waals surface area (Å²) in [6.45, 7) is 2.11. The Hall–Kier alpha value is -2.02. The van der Waals surface area contributed by atoms with Gasteiger partial charge in [0, 0.05) is 24.4 Å². The number of aliphatic carboxylic acids is 1. The zero-order valence-corrected chi connectivity index (χ0v) is 13.2. The van der Waals surface area contributed by atoms with Gasteiger partial charge in [0.25, 0.3) is 0 Å². The zero-order valence-electron chi connectivity index (χ0n) is 12.4. The molecular formula is C15H20N2O4S. The van der Waals surface area contributed by atoms with Crippen molar-refractivity contribution < 1.29 is 19.5 Å². The van der Waals surface area contributed by atoms with Crippen molar-refractivity contribution in [2.75, 3.05) is 23.4 Å². The predicted octanol–water partition coefficient (Wildman–Crippen LogP) is 1.65. The van der Waals surface area contributed by atoms with Gasteiger partial charge in [-0.15, -0.1) is 0 Å². The number of carbonyl (C=O) groups is 3. The molecule has 0 heterocycles. The molecule has 0 radical (unpaired) electrons. The molecule has 3 N–H and O–H groups in total. The van der Waals surface area contributed by atoms with Crippen molar-refractivity contribution in [1.29, 1.82) is 0 Å². The van der Waals surface area contributed by atoms with Crippen LogP contribution in [0.4, 0.5) is 5.69 Å². The molecule has 22 heavy (non-hydrogen) atoms. The Bertz CT molecular complexity index is 517. The predicted molar refractivity (Wildman–Crippen MR) is 87.0 cm³/mol. The molecule has 0 unspecified atom stereocenters. The van der Waals surface area contributed by atoms with Crippen molar-refractivity contribution in [3.63, 3.8) is 0 Å². The Morgan fingerprint density at radius 2 is 1.77 bits per heavy atom. The molecular weight excluding hydrogens is 304 g/mol. The molecule has 0 saturated carbocycles. The lowest BCUT2D eigenvalue weighted by Gasteiger charge is -2.06. The number of hydrogen-bond donors (Lipinski definition) is 3. The summed E-state index contributed by atoms with van der Waals surface area (Å²) < 4.78 is 0. The molecule has 1 aromatic rings. The molecule has 0 fully saturated rings. The Labute approximate surface area is 133 Å². The molecule has 120 valence electrons. The number of hydrogen-bond acceptors (Lipinski definition) is 4. The van der Waals surface area contributed by atoms with Crippen molar-refractivity contribution in [3.05, 3.63) is 29.8 Å². The highest BCUT2D eigenvalue weighted by Crippen LogP contribution is 2.10. The zero-order chi connectivity index (χ0) is 16.4. The summed E-state index contributed by atoms with van der Waals surface area (Å²) in [5.41, 5.74) is 1.88. The van der Waals surface area contributed by atoms with Crippen LogP contribution in [0.15, 0.2) is 24.3 Å². The first kappa shape index (κ1) is 18.0. The lowest BCUT2D eigenvalue weighted by atomic mass is 10.2. The van der Waals surface area contributed by atoms with Gasteiger partial charge in [0.1, 0.15) is 0 Å². The van der Waals surface area contributed by atoms with Gasteiger partial charge in [-0.05, 0) is 19.1 Å². The maximum Gasteiger partial charge on any atom is 0.305 e. The van der Waals surface area contributed by atoms with Crippen LogP contribution < -0.4 is 10.6 Å². The van der Waals surface area contributed by atoms with Crippen LogP contribution in [-0.2, 0) is 14.4 Å². The van der Waals surface area contributed by atoms with E-state index in [0.717, 1.165) is 11.3 Å². The van der Waals surface area contributed by atoms with Crippen LogP contribution in [0.5, 0.6) is 0 Å². The van der Waals surface area contributed by atoms with Crippen LogP contribution >= 0.6 is 11.8 Å².